The van der Waals surface area contributed by atoms with Gasteiger partial charge in [0.05, 0.1) is 18.0 Å². The number of nitrogens with zero attached hydrogens (tertiary/aromatic N) is 1. The van der Waals surface area contributed by atoms with Crippen LogP contribution in [0.2, 0.25) is 0 Å². The van der Waals surface area contributed by atoms with Crippen LogP contribution < -0.4 is 10.1 Å². The topological polar surface area (TPSA) is 92.8 Å². The second kappa shape index (κ2) is 8.24. The van der Waals surface area contributed by atoms with Gasteiger partial charge in [0, 0.05) is 6.42 Å². The fourth-order valence-corrected chi connectivity index (χ4v) is 5.15. The molecule has 1 N–H and O–H groups in total. The first-order valence-electron chi connectivity index (χ1n) is 9.33. The van der Waals surface area contributed by atoms with Gasteiger partial charge in [-0.3, -0.25) is 9.59 Å². The van der Waals surface area contributed by atoms with Gasteiger partial charge in [-0.1, -0.05) is 30.3 Å². The van der Waals surface area contributed by atoms with Gasteiger partial charge in [-0.05, 0) is 49.6 Å². The number of aryl methyl sites for hydroxylation is 1. The molecular formula is C21H24N2O5S. The number of ether oxygens (including phenoxy) is 1. The molecule has 2 aromatic carbocycles. The summed E-state index contributed by atoms with van der Waals surface area (Å²) in [5.74, 6) is -0.519. The van der Waals surface area contributed by atoms with Crippen molar-refractivity contribution < 1.29 is 22.7 Å². The number of benzene rings is 2. The third-order valence-electron chi connectivity index (χ3n) is 5.04. The number of sulfonamides is 1. The van der Waals surface area contributed by atoms with Crippen LogP contribution in [-0.2, 0) is 19.6 Å². The summed E-state index contributed by atoms with van der Waals surface area (Å²) < 4.78 is 32.2. The highest BCUT2D eigenvalue weighted by Crippen LogP contribution is 2.30. The summed E-state index contributed by atoms with van der Waals surface area (Å²) in [5.41, 5.74) is 1.52. The molecule has 8 heteroatoms. The maximum absolute atomic E-state index is 13.2. The van der Waals surface area contributed by atoms with Crippen LogP contribution in [0.25, 0.3) is 0 Å². The highest BCUT2D eigenvalue weighted by atomic mass is 32.2. The molecule has 1 aliphatic rings. The summed E-state index contributed by atoms with van der Waals surface area (Å²) in [6, 6.07) is 12.3. The van der Waals surface area contributed by atoms with E-state index in [9.17, 15) is 18.0 Å². The minimum atomic E-state index is -4.16. The Bertz CT molecular complexity index is 1020. The summed E-state index contributed by atoms with van der Waals surface area (Å²) in [4.78, 5) is 25.2. The number of hydrogen-bond donors (Lipinski definition) is 1. The van der Waals surface area contributed by atoms with Crippen molar-refractivity contribution in [3.63, 3.8) is 0 Å². The quantitative estimate of drug-likeness (QED) is 0.781. The predicted octanol–water partition coefficient (Wildman–Crippen LogP) is 2.56. The molecule has 2 amide bonds. The van der Waals surface area contributed by atoms with Gasteiger partial charge in [0.2, 0.25) is 11.8 Å². The molecule has 1 heterocycles. The average Bonchev–Trinajstić information content (AvgIpc) is 3.11. The fourth-order valence-electron chi connectivity index (χ4n) is 3.46. The zero-order chi connectivity index (χ0) is 21.2. The van der Waals surface area contributed by atoms with Crippen molar-refractivity contribution in [2.75, 3.05) is 7.11 Å². The highest BCUT2D eigenvalue weighted by molar-refractivity contribution is 7.89. The Labute approximate surface area is 170 Å². The Kier molecular flexibility index (Phi) is 5.93. The van der Waals surface area contributed by atoms with E-state index in [0.29, 0.717) is 11.3 Å². The van der Waals surface area contributed by atoms with Crippen molar-refractivity contribution in [2.45, 2.75) is 43.7 Å². The van der Waals surface area contributed by atoms with Crippen molar-refractivity contribution in [2.24, 2.45) is 0 Å². The van der Waals surface area contributed by atoms with Gasteiger partial charge in [-0.2, -0.15) is 0 Å². The van der Waals surface area contributed by atoms with Crippen molar-refractivity contribution in [1.29, 1.82) is 0 Å². The highest BCUT2D eigenvalue weighted by Gasteiger charge is 2.44. The first-order chi connectivity index (χ1) is 13.8. The predicted molar refractivity (Wildman–Crippen MR) is 108 cm³/mol. The van der Waals surface area contributed by atoms with Crippen molar-refractivity contribution in [3.05, 3.63) is 59.7 Å². The van der Waals surface area contributed by atoms with E-state index in [1.807, 2.05) is 37.3 Å². The standard InChI is InChI=1S/C21H24N2O5S/c1-14-13-17(9-11-19(14)28-3)29(26,27)23-18(10-12-20(23)24)21(25)22-15(2)16-7-5-4-6-8-16/h4-9,11,13,15,18H,10,12H2,1-3H3,(H,22,25)/t15-,18+/m0/s1. The minimum absolute atomic E-state index is 0.00612. The third-order valence-corrected chi connectivity index (χ3v) is 6.87. The number of amides is 2. The Morgan fingerprint density at radius 1 is 1.21 bits per heavy atom. The van der Waals surface area contributed by atoms with Crippen molar-refractivity contribution in [1.82, 2.24) is 9.62 Å². The lowest BCUT2D eigenvalue weighted by atomic mass is 10.1. The lowest BCUT2D eigenvalue weighted by Crippen LogP contribution is -2.47. The van der Waals surface area contributed by atoms with E-state index in [1.54, 1.807) is 6.92 Å². The number of nitrogens with one attached hydrogen (secondary N) is 1. The van der Waals surface area contributed by atoms with E-state index in [-0.39, 0.29) is 23.8 Å². The smallest absolute Gasteiger partial charge is 0.267 e. The summed E-state index contributed by atoms with van der Waals surface area (Å²) in [6.45, 7) is 3.53. The van der Waals surface area contributed by atoms with E-state index in [4.69, 9.17) is 4.74 Å². The molecule has 0 aromatic heterocycles. The maximum atomic E-state index is 13.2. The first-order valence-corrected chi connectivity index (χ1v) is 10.8. The number of methoxy groups -OCH3 is 1. The Morgan fingerprint density at radius 2 is 1.90 bits per heavy atom. The van der Waals surface area contributed by atoms with E-state index < -0.39 is 27.9 Å². The fraction of sp³-hybridized carbons (Fsp3) is 0.333. The SMILES string of the molecule is COc1ccc(S(=O)(=O)N2C(=O)CC[C@@H]2C(=O)N[C@@H](C)c2ccccc2)cc1C. The average molecular weight is 416 g/mol. The monoisotopic (exact) mass is 416 g/mol. The van der Waals surface area contributed by atoms with Crippen molar-refractivity contribution >= 4 is 21.8 Å². The van der Waals surface area contributed by atoms with Crippen LogP contribution >= 0.6 is 0 Å². The summed E-state index contributed by atoms with van der Waals surface area (Å²) in [5, 5.41) is 2.82. The van der Waals surface area contributed by atoms with Gasteiger partial charge in [-0.15, -0.1) is 0 Å². The van der Waals surface area contributed by atoms with Crippen LogP contribution in [0.3, 0.4) is 0 Å². The molecule has 0 spiro atoms. The number of carbonyl (C=O) groups excluding carboxylic acids is 2. The van der Waals surface area contributed by atoms with E-state index >= 15 is 0 Å². The van der Waals surface area contributed by atoms with E-state index in [1.165, 1.54) is 25.3 Å². The van der Waals surface area contributed by atoms with Crippen LogP contribution in [0.1, 0.15) is 36.9 Å². The maximum Gasteiger partial charge on any atom is 0.267 e. The molecule has 154 valence electrons. The summed E-state index contributed by atoms with van der Waals surface area (Å²) in [6.07, 6.45) is 0.159. The Morgan fingerprint density at radius 3 is 2.52 bits per heavy atom. The number of carbonyl (C=O) groups is 2. The molecule has 2 aromatic rings. The zero-order valence-corrected chi connectivity index (χ0v) is 17.4. The van der Waals surface area contributed by atoms with Gasteiger partial charge in [-0.25, -0.2) is 12.7 Å². The molecule has 0 saturated carbocycles. The Balaban J connectivity index is 1.86. The zero-order valence-electron chi connectivity index (χ0n) is 16.6. The molecule has 1 aliphatic heterocycles. The molecule has 3 rings (SSSR count). The second-order valence-corrected chi connectivity index (χ2v) is 8.84. The number of rotatable bonds is 6. The molecule has 0 unspecified atom stereocenters. The molecule has 7 nitrogen and oxygen atoms in total. The molecule has 1 saturated heterocycles. The Hall–Kier alpha value is -2.87. The van der Waals surface area contributed by atoms with Gasteiger partial charge in [0.1, 0.15) is 11.8 Å². The van der Waals surface area contributed by atoms with Crippen LogP contribution in [0.15, 0.2) is 53.4 Å². The van der Waals surface area contributed by atoms with Gasteiger partial charge < -0.3 is 10.1 Å². The van der Waals surface area contributed by atoms with Crippen LogP contribution in [0, 0.1) is 6.92 Å². The van der Waals surface area contributed by atoms with Gasteiger partial charge in [0.15, 0.2) is 0 Å². The lowest BCUT2D eigenvalue weighted by Gasteiger charge is -2.25. The van der Waals surface area contributed by atoms with Crippen molar-refractivity contribution in [3.8, 4) is 5.75 Å². The molecule has 2 atom stereocenters. The third kappa shape index (κ3) is 4.12. The lowest BCUT2D eigenvalue weighted by molar-refractivity contribution is -0.131. The van der Waals surface area contributed by atoms with Crippen LogP contribution in [-0.4, -0.2) is 37.7 Å². The van der Waals surface area contributed by atoms with Gasteiger partial charge >= 0.3 is 0 Å². The van der Waals surface area contributed by atoms with Crippen LogP contribution in [0.4, 0.5) is 0 Å². The molecule has 1 fully saturated rings. The largest absolute Gasteiger partial charge is 0.496 e. The molecule has 0 bridgehead atoms. The minimum Gasteiger partial charge on any atom is -0.496 e. The summed E-state index contributed by atoms with van der Waals surface area (Å²) in [7, 11) is -2.67. The molecular weight excluding hydrogens is 392 g/mol. The molecule has 29 heavy (non-hydrogen) atoms. The normalized spacial score (nSPS) is 17.8. The van der Waals surface area contributed by atoms with Crippen LogP contribution in [0.5, 0.6) is 5.75 Å². The first kappa shape index (κ1) is 20.9. The molecule has 0 aliphatic carbocycles. The van der Waals surface area contributed by atoms with Gasteiger partial charge in [0.25, 0.3) is 10.0 Å². The second-order valence-electron chi connectivity index (χ2n) is 7.02. The van der Waals surface area contributed by atoms with E-state index in [0.717, 1.165) is 9.87 Å². The van der Waals surface area contributed by atoms with E-state index in [2.05, 4.69) is 5.32 Å². The summed E-state index contributed by atoms with van der Waals surface area (Å²) >= 11 is 0. The molecule has 0 radical (unpaired) electrons. The number of hydrogen-bond acceptors (Lipinski definition) is 5.